The van der Waals surface area contributed by atoms with Crippen LogP contribution in [0, 0.1) is 12.9 Å². The highest BCUT2D eigenvalue weighted by atomic mass is 32.2. The molecule has 1 aromatic carbocycles. The van der Waals surface area contributed by atoms with Crippen LogP contribution in [0.2, 0.25) is 0 Å². The van der Waals surface area contributed by atoms with Crippen molar-refractivity contribution in [2.24, 2.45) is 0 Å². The number of nitrogens with zero attached hydrogens (tertiary/aromatic N) is 1. The number of benzene rings is 1. The summed E-state index contributed by atoms with van der Waals surface area (Å²) in [4.78, 5) is 4.87. The van der Waals surface area contributed by atoms with Gasteiger partial charge in [0.1, 0.15) is 5.03 Å². The summed E-state index contributed by atoms with van der Waals surface area (Å²) < 4.78 is 12.8. The third-order valence-corrected chi connectivity index (χ3v) is 2.83. The van der Waals surface area contributed by atoms with Crippen LogP contribution in [0.25, 0.3) is 0 Å². The second-order valence-corrected chi connectivity index (χ2v) is 4.31. The fourth-order valence-corrected chi connectivity index (χ4v) is 2.16. The van der Waals surface area contributed by atoms with Crippen LogP contribution < -0.4 is 0 Å². The SMILES string of the molecule is Cc1cccc(Sc2cccc(F)n2)c1. The highest BCUT2D eigenvalue weighted by Crippen LogP contribution is 2.26. The Kier molecular flexibility index (Phi) is 3.02. The number of halogens is 1. The Bertz CT molecular complexity index is 427. The quantitative estimate of drug-likeness (QED) is 0.714. The molecule has 0 spiro atoms. The molecule has 15 heavy (non-hydrogen) atoms. The average Bonchev–Trinajstić information content (AvgIpc) is 2.17. The second kappa shape index (κ2) is 4.45. The van der Waals surface area contributed by atoms with E-state index >= 15 is 0 Å². The minimum Gasteiger partial charge on any atom is -0.213 e. The number of hydrogen-bond acceptors (Lipinski definition) is 2. The lowest BCUT2D eigenvalue weighted by Gasteiger charge is -2.01. The predicted octanol–water partition coefficient (Wildman–Crippen LogP) is 3.68. The van der Waals surface area contributed by atoms with Crippen LogP contribution in [0.3, 0.4) is 0 Å². The van der Waals surface area contributed by atoms with Crippen molar-refractivity contribution in [3.05, 3.63) is 54.0 Å². The lowest BCUT2D eigenvalue weighted by atomic mass is 10.2. The van der Waals surface area contributed by atoms with Gasteiger partial charge >= 0.3 is 0 Å². The van der Waals surface area contributed by atoms with Crippen molar-refractivity contribution in [1.82, 2.24) is 4.98 Å². The van der Waals surface area contributed by atoms with Crippen molar-refractivity contribution in [3.8, 4) is 0 Å². The molecule has 0 saturated carbocycles. The van der Waals surface area contributed by atoms with Crippen LogP contribution in [-0.2, 0) is 0 Å². The van der Waals surface area contributed by atoms with E-state index in [1.54, 1.807) is 12.1 Å². The van der Waals surface area contributed by atoms with Gasteiger partial charge in [-0.1, -0.05) is 35.5 Å². The van der Waals surface area contributed by atoms with Crippen LogP contribution in [0.15, 0.2) is 52.4 Å². The van der Waals surface area contributed by atoms with Crippen molar-refractivity contribution in [3.63, 3.8) is 0 Å². The zero-order chi connectivity index (χ0) is 10.7. The van der Waals surface area contributed by atoms with Gasteiger partial charge in [0.2, 0.25) is 5.95 Å². The fraction of sp³-hybridized carbons (Fsp3) is 0.0833. The summed E-state index contributed by atoms with van der Waals surface area (Å²) in [5, 5.41) is 0.681. The summed E-state index contributed by atoms with van der Waals surface area (Å²) in [5.41, 5.74) is 1.19. The van der Waals surface area contributed by atoms with Gasteiger partial charge < -0.3 is 0 Å². The van der Waals surface area contributed by atoms with E-state index in [1.807, 2.05) is 25.1 Å². The van der Waals surface area contributed by atoms with Gasteiger partial charge in [-0.25, -0.2) is 4.98 Å². The van der Waals surface area contributed by atoms with E-state index in [1.165, 1.54) is 23.4 Å². The molecule has 1 nitrogen and oxygen atoms in total. The van der Waals surface area contributed by atoms with Crippen LogP contribution in [0.5, 0.6) is 0 Å². The Labute approximate surface area is 92.4 Å². The maximum Gasteiger partial charge on any atom is 0.213 e. The molecular formula is C12H10FNS. The first kappa shape index (κ1) is 10.2. The standard InChI is InChI=1S/C12H10FNS/c1-9-4-2-5-10(8-9)15-12-7-3-6-11(13)14-12/h2-8H,1H3. The van der Waals surface area contributed by atoms with E-state index in [2.05, 4.69) is 11.1 Å². The van der Waals surface area contributed by atoms with E-state index in [-0.39, 0.29) is 0 Å². The lowest BCUT2D eigenvalue weighted by molar-refractivity contribution is 0.572. The number of pyridine rings is 1. The molecule has 0 aliphatic rings. The van der Waals surface area contributed by atoms with Crippen LogP contribution in [0.1, 0.15) is 5.56 Å². The fourth-order valence-electron chi connectivity index (χ4n) is 1.25. The largest absolute Gasteiger partial charge is 0.213 e. The summed E-state index contributed by atoms with van der Waals surface area (Å²) in [6.45, 7) is 2.03. The number of hydrogen-bond donors (Lipinski definition) is 0. The Morgan fingerprint density at radius 2 is 1.93 bits per heavy atom. The first-order valence-electron chi connectivity index (χ1n) is 4.61. The molecule has 0 saturated heterocycles. The van der Waals surface area contributed by atoms with E-state index in [4.69, 9.17) is 0 Å². The molecule has 0 aliphatic carbocycles. The number of aromatic nitrogens is 1. The molecule has 1 aromatic heterocycles. The average molecular weight is 219 g/mol. The molecule has 0 amide bonds. The monoisotopic (exact) mass is 219 g/mol. The molecule has 2 aromatic rings. The summed E-state index contributed by atoms with van der Waals surface area (Å²) >= 11 is 1.46. The van der Waals surface area contributed by atoms with E-state index in [0.717, 1.165) is 4.90 Å². The minimum absolute atomic E-state index is 0.437. The van der Waals surface area contributed by atoms with Gasteiger partial charge in [0.05, 0.1) is 0 Å². The molecule has 0 atom stereocenters. The Morgan fingerprint density at radius 3 is 2.67 bits per heavy atom. The van der Waals surface area contributed by atoms with E-state index in [9.17, 15) is 4.39 Å². The van der Waals surface area contributed by atoms with Gasteiger partial charge in [0.15, 0.2) is 0 Å². The van der Waals surface area contributed by atoms with Gasteiger partial charge in [-0.2, -0.15) is 4.39 Å². The van der Waals surface area contributed by atoms with E-state index in [0.29, 0.717) is 5.03 Å². The lowest BCUT2D eigenvalue weighted by Crippen LogP contribution is -1.84. The van der Waals surface area contributed by atoms with Crippen molar-refractivity contribution >= 4 is 11.8 Å². The second-order valence-electron chi connectivity index (χ2n) is 3.22. The maximum atomic E-state index is 12.8. The summed E-state index contributed by atoms with van der Waals surface area (Å²) in [6.07, 6.45) is 0. The van der Waals surface area contributed by atoms with Crippen molar-refractivity contribution < 1.29 is 4.39 Å². The van der Waals surface area contributed by atoms with Gasteiger partial charge in [-0.15, -0.1) is 0 Å². The first-order valence-corrected chi connectivity index (χ1v) is 5.43. The first-order chi connectivity index (χ1) is 7.24. The molecule has 76 valence electrons. The summed E-state index contributed by atoms with van der Waals surface area (Å²) in [6, 6.07) is 12.9. The third kappa shape index (κ3) is 2.80. The maximum absolute atomic E-state index is 12.8. The molecule has 1 heterocycles. The molecule has 0 aliphatic heterocycles. The normalized spacial score (nSPS) is 10.3. The summed E-state index contributed by atoms with van der Waals surface area (Å²) in [5.74, 6) is -0.437. The molecule has 3 heteroatoms. The predicted molar refractivity (Wildman–Crippen MR) is 59.5 cm³/mol. The van der Waals surface area contributed by atoms with Crippen LogP contribution in [-0.4, -0.2) is 4.98 Å². The number of rotatable bonds is 2. The molecule has 2 rings (SSSR count). The Morgan fingerprint density at radius 1 is 1.13 bits per heavy atom. The van der Waals surface area contributed by atoms with Gasteiger partial charge in [0, 0.05) is 4.90 Å². The molecule has 0 radical (unpaired) electrons. The van der Waals surface area contributed by atoms with Gasteiger partial charge in [-0.3, -0.25) is 0 Å². The van der Waals surface area contributed by atoms with Crippen LogP contribution in [0.4, 0.5) is 4.39 Å². The zero-order valence-corrected chi connectivity index (χ0v) is 9.09. The highest BCUT2D eigenvalue weighted by molar-refractivity contribution is 7.99. The third-order valence-electron chi connectivity index (χ3n) is 1.90. The van der Waals surface area contributed by atoms with Gasteiger partial charge in [0.25, 0.3) is 0 Å². The zero-order valence-electron chi connectivity index (χ0n) is 8.27. The number of aryl methyl sites for hydroxylation is 1. The molecule has 0 bridgehead atoms. The Balaban J connectivity index is 2.22. The van der Waals surface area contributed by atoms with Crippen LogP contribution >= 0.6 is 11.8 Å². The topological polar surface area (TPSA) is 12.9 Å². The Hall–Kier alpha value is -1.35. The molecular weight excluding hydrogens is 209 g/mol. The molecule has 0 fully saturated rings. The smallest absolute Gasteiger partial charge is 0.213 e. The van der Waals surface area contributed by atoms with Gasteiger partial charge in [-0.05, 0) is 31.2 Å². The summed E-state index contributed by atoms with van der Waals surface area (Å²) in [7, 11) is 0. The van der Waals surface area contributed by atoms with Crippen molar-refractivity contribution in [2.45, 2.75) is 16.8 Å². The van der Waals surface area contributed by atoms with Crippen molar-refractivity contribution in [2.75, 3.05) is 0 Å². The molecule has 0 N–H and O–H groups in total. The molecule has 0 unspecified atom stereocenters. The highest BCUT2D eigenvalue weighted by Gasteiger charge is 1.99. The van der Waals surface area contributed by atoms with E-state index < -0.39 is 5.95 Å². The van der Waals surface area contributed by atoms with Crippen molar-refractivity contribution in [1.29, 1.82) is 0 Å². The minimum atomic E-state index is -0.437.